The van der Waals surface area contributed by atoms with Crippen molar-refractivity contribution in [3.8, 4) is 5.75 Å². The van der Waals surface area contributed by atoms with Gasteiger partial charge in [0.05, 0.1) is 5.69 Å². The van der Waals surface area contributed by atoms with Crippen molar-refractivity contribution < 1.29 is 14.6 Å². The number of benzene rings is 1. The number of nitrogens with one attached hydrogen (secondary N) is 1. The Labute approximate surface area is 87.9 Å². The molecule has 1 aromatic rings. The van der Waals surface area contributed by atoms with Gasteiger partial charge in [0.1, 0.15) is 11.4 Å². The monoisotopic (exact) mass is 207 g/mol. The molecule has 4 heteroatoms. The van der Waals surface area contributed by atoms with Gasteiger partial charge in [-0.3, -0.25) is 5.32 Å². The van der Waals surface area contributed by atoms with Crippen LogP contribution in [0, 0.1) is 6.92 Å². The number of anilines is 1. The average Bonchev–Trinajstić information content (AvgIpc) is 2.06. The second-order valence-electron chi connectivity index (χ2n) is 4.21. The molecule has 1 heterocycles. The second kappa shape index (κ2) is 2.89. The number of aryl methyl sites for hydroxylation is 1. The van der Waals surface area contributed by atoms with E-state index in [1.807, 2.05) is 6.92 Å². The minimum absolute atomic E-state index is 0.180. The number of cyclic esters (lactones) is 1. The third-order valence-corrected chi connectivity index (χ3v) is 2.54. The van der Waals surface area contributed by atoms with Crippen LogP contribution in [0.3, 0.4) is 0 Å². The van der Waals surface area contributed by atoms with Crippen molar-refractivity contribution in [1.29, 1.82) is 0 Å². The lowest BCUT2D eigenvalue weighted by Gasteiger charge is -2.33. The number of aromatic hydroxyl groups is 1. The average molecular weight is 207 g/mol. The molecule has 0 fully saturated rings. The number of fused-ring (bicyclic) bond motifs is 1. The van der Waals surface area contributed by atoms with Gasteiger partial charge in [-0.15, -0.1) is 0 Å². The molecule has 0 spiro atoms. The molecule has 4 nitrogen and oxygen atoms in total. The lowest BCUT2D eigenvalue weighted by atomic mass is 9.92. The standard InChI is InChI=1S/C11H13NO3/c1-6-4-7(13)5-8-9(6)12-10(14)15-11(8,2)3/h4-5,13H,1-3H3,(H,12,14). The molecule has 0 aliphatic carbocycles. The number of amides is 1. The molecule has 0 saturated carbocycles. The molecule has 1 aliphatic rings. The van der Waals surface area contributed by atoms with Crippen LogP contribution in [0.25, 0.3) is 0 Å². The van der Waals surface area contributed by atoms with E-state index >= 15 is 0 Å². The number of phenolic OH excluding ortho intramolecular Hbond substituents is 1. The third kappa shape index (κ3) is 1.52. The lowest BCUT2D eigenvalue weighted by Crippen LogP contribution is -2.35. The van der Waals surface area contributed by atoms with Crippen LogP contribution in [-0.2, 0) is 10.3 Å². The predicted molar refractivity (Wildman–Crippen MR) is 56.0 cm³/mol. The molecule has 0 aromatic heterocycles. The summed E-state index contributed by atoms with van der Waals surface area (Å²) in [7, 11) is 0. The number of hydrogen-bond acceptors (Lipinski definition) is 3. The first-order valence-electron chi connectivity index (χ1n) is 4.74. The highest BCUT2D eigenvalue weighted by molar-refractivity contribution is 5.90. The smallest absolute Gasteiger partial charge is 0.412 e. The van der Waals surface area contributed by atoms with Gasteiger partial charge in [-0.25, -0.2) is 4.79 Å². The van der Waals surface area contributed by atoms with E-state index in [4.69, 9.17) is 4.74 Å². The lowest BCUT2D eigenvalue weighted by molar-refractivity contribution is 0.0418. The molecule has 0 unspecified atom stereocenters. The van der Waals surface area contributed by atoms with Gasteiger partial charge in [0.2, 0.25) is 0 Å². The number of phenols is 1. The zero-order valence-corrected chi connectivity index (χ0v) is 8.92. The maximum Gasteiger partial charge on any atom is 0.412 e. The van der Waals surface area contributed by atoms with Crippen molar-refractivity contribution in [1.82, 2.24) is 0 Å². The van der Waals surface area contributed by atoms with Crippen LogP contribution in [0.5, 0.6) is 5.75 Å². The molecule has 0 saturated heterocycles. The van der Waals surface area contributed by atoms with Gasteiger partial charge in [0.15, 0.2) is 0 Å². The van der Waals surface area contributed by atoms with Crippen molar-refractivity contribution in [2.45, 2.75) is 26.4 Å². The fourth-order valence-electron chi connectivity index (χ4n) is 1.82. The Hall–Kier alpha value is -1.71. The largest absolute Gasteiger partial charge is 0.508 e. The maximum atomic E-state index is 11.3. The molecule has 0 radical (unpaired) electrons. The SMILES string of the molecule is Cc1cc(O)cc2c1NC(=O)OC2(C)C. The minimum atomic E-state index is -0.707. The summed E-state index contributed by atoms with van der Waals surface area (Å²) in [5, 5.41) is 12.1. The van der Waals surface area contributed by atoms with Crippen LogP contribution in [0.4, 0.5) is 10.5 Å². The van der Waals surface area contributed by atoms with E-state index < -0.39 is 11.7 Å². The van der Waals surface area contributed by atoms with Crippen LogP contribution < -0.4 is 5.32 Å². The summed E-state index contributed by atoms with van der Waals surface area (Å²) in [5.74, 6) is 0.180. The fraction of sp³-hybridized carbons (Fsp3) is 0.364. The molecule has 0 atom stereocenters. The molecule has 80 valence electrons. The molecule has 1 aromatic carbocycles. The van der Waals surface area contributed by atoms with Crippen molar-refractivity contribution >= 4 is 11.8 Å². The zero-order valence-electron chi connectivity index (χ0n) is 8.92. The van der Waals surface area contributed by atoms with E-state index in [-0.39, 0.29) is 5.75 Å². The Morgan fingerprint density at radius 2 is 2.07 bits per heavy atom. The molecule has 0 bridgehead atoms. The number of hydrogen-bond donors (Lipinski definition) is 2. The van der Waals surface area contributed by atoms with Gasteiger partial charge < -0.3 is 9.84 Å². The van der Waals surface area contributed by atoms with E-state index in [0.717, 1.165) is 16.8 Å². The first-order valence-corrected chi connectivity index (χ1v) is 4.74. The van der Waals surface area contributed by atoms with Crippen LogP contribution >= 0.6 is 0 Å². The van der Waals surface area contributed by atoms with E-state index in [1.165, 1.54) is 0 Å². The van der Waals surface area contributed by atoms with Gasteiger partial charge in [-0.05, 0) is 38.5 Å². The Morgan fingerprint density at radius 3 is 2.73 bits per heavy atom. The highest BCUT2D eigenvalue weighted by atomic mass is 16.6. The maximum absolute atomic E-state index is 11.3. The summed E-state index contributed by atoms with van der Waals surface area (Å²) < 4.78 is 5.15. The van der Waals surface area contributed by atoms with Gasteiger partial charge >= 0.3 is 6.09 Å². The Kier molecular flexibility index (Phi) is 1.89. The van der Waals surface area contributed by atoms with Crippen LogP contribution in [-0.4, -0.2) is 11.2 Å². The highest BCUT2D eigenvalue weighted by Crippen LogP contribution is 2.39. The number of carbonyl (C=O) groups excluding carboxylic acids is 1. The summed E-state index contributed by atoms with van der Waals surface area (Å²) in [6.45, 7) is 5.42. The molecular formula is C11H13NO3. The number of ether oxygens (including phenoxy) is 1. The summed E-state index contributed by atoms with van der Waals surface area (Å²) in [6, 6.07) is 3.22. The summed E-state index contributed by atoms with van der Waals surface area (Å²) in [5.41, 5.74) is 1.64. The summed E-state index contributed by atoms with van der Waals surface area (Å²) in [4.78, 5) is 11.3. The third-order valence-electron chi connectivity index (χ3n) is 2.54. The zero-order chi connectivity index (χ0) is 11.2. The Morgan fingerprint density at radius 1 is 1.40 bits per heavy atom. The first-order chi connectivity index (χ1) is 6.90. The molecule has 1 amide bonds. The van der Waals surface area contributed by atoms with Gasteiger partial charge in [-0.2, -0.15) is 0 Å². The van der Waals surface area contributed by atoms with Crippen molar-refractivity contribution in [3.05, 3.63) is 23.3 Å². The Bertz CT molecular complexity index is 438. The van der Waals surface area contributed by atoms with E-state index in [9.17, 15) is 9.90 Å². The van der Waals surface area contributed by atoms with E-state index in [1.54, 1.807) is 26.0 Å². The predicted octanol–water partition coefficient (Wildman–Crippen LogP) is 2.50. The molecule has 2 N–H and O–H groups in total. The van der Waals surface area contributed by atoms with Crippen molar-refractivity contribution in [2.75, 3.05) is 5.32 Å². The normalized spacial score (nSPS) is 17.7. The van der Waals surface area contributed by atoms with Gasteiger partial charge in [0, 0.05) is 5.56 Å². The first kappa shape index (κ1) is 9.83. The molecule has 15 heavy (non-hydrogen) atoms. The Balaban J connectivity index is 2.67. The second-order valence-corrected chi connectivity index (χ2v) is 4.21. The molecule has 1 aliphatic heterocycles. The van der Waals surface area contributed by atoms with Crippen LogP contribution in [0.2, 0.25) is 0 Å². The molecule has 2 rings (SSSR count). The van der Waals surface area contributed by atoms with Gasteiger partial charge in [-0.1, -0.05) is 0 Å². The minimum Gasteiger partial charge on any atom is -0.508 e. The summed E-state index contributed by atoms with van der Waals surface area (Å²) in [6.07, 6.45) is -0.457. The van der Waals surface area contributed by atoms with E-state index in [0.29, 0.717) is 0 Å². The quantitative estimate of drug-likeness (QED) is 0.642. The van der Waals surface area contributed by atoms with Crippen molar-refractivity contribution in [2.24, 2.45) is 0 Å². The number of carbonyl (C=O) groups is 1. The van der Waals surface area contributed by atoms with Gasteiger partial charge in [0.25, 0.3) is 0 Å². The van der Waals surface area contributed by atoms with Crippen molar-refractivity contribution in [3.63, 3.8) is 0 Å². The van der Waals surface area contributed by atoms with Crippen LogP contribution in [0.15, 0.2) is 12.1 Å². The van der Waals surface area contributed by atoms with Crippen LogP contribution in [0.1, 0.15) is 25.0 Å². The topological polar surface area (TPSA) is 58.6 Å². The molecular weight excluding hydrogens is 194 g/mol. The fourth-order valence-corrected chi connectivity index (χ4v) is 1.82. The number of rotatable bonds is 0. The highest BCUT2D eigenvalue weighted by Gasteiger charge is 2.34. The van der Waals surface area contributed by atoms with E-state index in [2.05, 4.69) is 5.32 Å². The summed E-state index contributed by atoms with van der Waals surface area (Å²) >= 11 is 0.